The first kappa shape index (κ1) is 26.1. The molecule has 0 aliphatic heterocycles. The normalized spacial score (nSPS) is 12.6. The molecule has 0 unspecified atom stereocenters. The molecule has 0 bridgehead atoms. The molecule has 1 aliphatic rings. The van der Waals surface area contributed by atoms with Crippen LogP contribution in [0.25, 0.3) is 22.4 Å². The zero-order chi connectivity index (χ0) is 27.5. The lowest BCUT2D eigenvalue weighted by molar-refractivity contribution is 0.102. The highest BCUT2D eigenvalue weighted by Gasteiger charge is 2.23. The van der Waals surface area contributed by atoms with E-state index in [2.05, 4.69) is 42.3 Å². The summed E-state index contributed by atoms with van der Waals surface area (Å²) in [5, 5.41) is 11.5. The molecule has 1 aliphatic carbocycles. The van der Waals surface area contributed by atoms with Gasteiger partial charge < -0.3 is 9.47 Å². The van der Waals surface area contributed by atoms with E-state index in [0.29, 0.717) is 33.5 Å². The number of hydrogen-bond acceptors (Lipinski definition) is 9. The van der Waals surface area contributed by atoms with Gasteiger partial charge in [0, 0.05) is 41.2 Å². The summed E-state index contributed by atoms with van der Waals surface area (Å²) >= 11 is 1.14. The third-order valence-corrected chi connectivity index (χ3v) is 6.63. The smallest absolute Gasteiger partial charge is 0.280 e. The SMILES string of the molecule is COc1cc(C)ncc1-c1cc(-c2cc(C(F)F)ncc2OC)c(C(=O)Nc2nnc(C#CC3CC3)s2)cn1. The Labute approximate surface area is 226 Å². The molecule has 1 N–H and O–H groups in total. The highest BCUT2D eigenvalue weighted by molar-refractivity contribution is 7.15. The molecule has 0 atom stereocenters. The minimum absolute atomic E-state index is 0.100. The molecule has 198 valence electrons. The highest BCUT2D eigenvalue weighted by Crippen LogP contribution is 2.38. The van der Waals surface area contributed by atoms with Gasteiger partial charge in [-0.1, -0.05) is 17.3 Å². The molecule has 0 radical (unpaired) electrons. The van der Waals surface area contributed by atoms with Crippen LogP contribution in [0, 0.1) is 24.7 Å². The number of hydrogen-bond donors (Lipinski definition) is 1. The van der Waals surface area contributed by atoms with Crippen molar-refractivity contribution in [2.75, 3.05) is 19.5 Å². The van der Waals surface area contributed by atoms with E-state index in [1.807, 2.05) is 6.92 Å². The first-order valence-corrected chi connectivity index (χ1v) is 12.7. The Morgan fingerprint density at radius 2 is 1.79 bits per heavy atom. The summed E-state index contributed by atoms with van der Waals surface area (Å²) in [5.41, 5.74) is 1.88. The van der Waals surface area contributed by atoms with Gasteiger partial charge in [0.25, 0.3) is 12.3 Å². The van der Waals surface area contributed by atoms with Crippen molar-refractivity contribution in [3.63, 3.8) is 0 Å². The topological polar surface area (TPSA) is 112 Å². The Balaban J connectivity index is 1.59. The Kier molecular flexibility index (Phi) is 7.42. The van der Waals surface area contributed by atoms with Crippen molar-refractivity contribution in [2.45, 2.75) is 26.2 Å². The minimum atomic E-state index is -2.83. The van der Waals surface area contributed by atoms with E-state index in [-0.39, 0.29) is 22.0 Å². The maximum Gasteiger partial charge on any atom is 0.280 e. The van der Waals surface area contributed by atoms with E-state index < -0.39 is 18.0 Å². The van der Waals surface area contributed by atoms with Crippen molar-refractivity contribution < 1.29 is 23.0 Å². The van der Waals surface area contributed by atoms with Crippen LogP contribution in [-0.4, -0.2) is 45.3 Å². The number of nitrogens with zero attached hydrogens (tertiary/aromatic N) is 5. The number of aromatic nitrogens is 5. The number of ether oxygens (including phenoxy) is 2. The first-order chi connectivity index (χ1) is 18.9. The number of anilines is 1. The maximum absolute atomic E-state index is 13.6. The molecule has 0 saturated heterocycles. The van der Waals surface area contributed by atoms with Crippen LogP contribution >= 0.6 is 11.3 Å². The second kappa shape index (κ2) is 11.1. The number of nitrogens with one attached hydrogen (secondary N) is 1. The number of halogens is 2. The maximum atomic E-state index is 13.6. The van der Waals surface area contributed by atoms with Gasteiger partial charge in [0.1, 0.15) is 17.2 Å². The van der Waals surface area contributed by atoms with Crippen LogP contribution in [0.5, 0.6) is 11.5 Å². The summed E-state index contributed by atoms with van der Waals surface area (Å²) in [6, 6.07) is 4.54. The fraction of sp³-hybridized carbons (Fsp3) is 0.259. The van der Waals surface area contributed by atoms with Gasteiger partial charge in [-0.3, -0.25) is 25.1 Å². The number of alkyl halides is 2. The van der Waals surface area contributed by atoms with E-state index in [1.54, 1.807) is 18.3 Å². The zero-order valence-corrected chi connectivity index (χ0v) is 22.0. The van der Waals surface area contributed by atoms with Crippen LogP contribution in [0.1, 0.15) is 46.0 Å². The summed E-state index contributed by atoms with van der Waals surface area (Å²) in [4.78, 5) is 26.0. The zero-order valence-electron chi connectivity index (χ0n) is 21.2. The Morgan fingerprint density at radius 3 is 2.51 bits per heavy atom. The summed E-state index contributed by atoms with van der Waals surface area (Å²) in [7, 11) is 2.91. The molecule has 1 fully saturated rings. The predicted molar refractivity (Wildman–Crippen MR) is 141 cm³/mol. The third kappa shape index (κ3) is 5.83. The predicted octanol–water partition coefficient (Wildman–Crippen LogP) is 5.33. The first-order valence-electron chi connectivity index (χ1n) is 11.9. The standard InChI is InChI=1S/C27H22F2N6O3S/c1-14-8-22(37-2)19(12-30-14)20-9-16(17-10-21(25(28)29)32-13-23(17)38-3)18(11-31-20)26(36)33-27-35-34-24(39-27)7-6-15-4-5-15/h8-13,15,25H,4-5H2,1-3H3,(H,33,35,36). The number of pyridine rings is 3. The van der Waals surface area contributed by atoms with Crippen molar-refractivity contribution in [2.24, 2.45) is 5.92 Å². The molecule has 12 heteroatoms. The lowest BCUT2D eigenvalue weighted by Crippen LogP contribution is -2.14. The molecule has 4 heterocycles. The summed E-state index contributed by atoms with van der Waals surface area (Å²) in [6.07, 6.45) is 3.48. The Morgan fingerprint density at radius 1 is 1.00 bits per heavy atom. The van der Waals surface area contributed by atoms with Crippen molar-refractivity contribution in [1.29, 1.82) is 0 Å². The highest BCUT2D eigenvalue weighted by atomic mass is 32.1. The van der Waals surface area contributed by atoms with E-state index in [4.69, 9.17) is 9.47 Å². The van der Waals surface area contributed by atoms with E-state index in [9.17, 15) is 13.6 Å². The van der Waals surface area contributed by atoms with Gasteiger partial charge >= 0.3 is 0 Å². The monoisotopic (exact) mass is 548 g/mol. The number of amides is 1. The molecular formula is C27H22F2N6O3S. The van der Waals surface area contributed by atoms with Crippen LogP contribution in [0.15, 0.2) is 36.8 Å². The van der Waals surface area contributed by atoms with Crippen LogP contribution in [0.2, 0.25) is 0 Å². The molecular weight excluding hydrogens is 526 g/mol. The van der Waals surface area contributed by atoms with Crippen molar-refractivity contribution >= 4 is 22.4 Å². The van der Waals surface area contributed by atoms with Crippen molar-refractivity contribution in [1.82, 2.24) is 25.1 Å². The Bertz CT molecular complexity index is 1610. The molecule has 4 aromatic rings. The van der Waals surface area contributed by atoms with Gasteiger partial charge in [-0.2, -0.15) is 0 Å². The number of rotatable bonds is 7. The van der Waals surface area contributed by atoms with Crippen molar-refractivity contribution in [3.05, 3.63) is 58.7 Å². The van der Waals surface area contributed by atoms with Crippen LogP contribution in [0.3, 0.4) is 0 Å². The minimum Gasteiger partial charge on any atom is -0.496 e. The van der Waals surface area contributed by atoms with Crippen LogP contribution in [-0.2, 0) is 0 Å². The molecule has 39 heavy (non-hydrogen) atoms. The fourth-order valence-electron chi connectivity index (χ4n) is 3.73. The summed E-state index contributed by atoms with van der Waals surface area (Å²) in [6.45, 7) is 1.82. The average Bonchev–Trinajstić information content (AvgIpc) is 3.68. The van der Waals surface area contributed by atoms with Crippen LogP contribution < -0.4 is 14.8 Å². The fourth-order valence-corrected chi connectivity index (χ4v) is 4.33. The number of carbonyl (C=O) groups is 1. The number of aryl methyl sites for hydroxylation is 1. The largest absolute Gasteiger partial charge is 0.496 e. The van der Waals surface area contributed by atoms with Crippen molar-refractivity contribution in [3.8, 4) is 45.7 Å². The molecule has 0 aromatic carbocycles. The van der Waals surface area contributed by atoms with Gasteiger partial charge in [-0.15, -0.1) is 10.2 Å². The average molecular weight is 549 g/mol. The molecule has 1 amide bonds. The van der Waals surface area contributed by atoms with Gasteiger partial charge in [-0.25, -0.2) is 8.78 Å². The third-order valence-electron chi connectivity index (χ3n) is 5.88. The van der Waals surface area contributed by atoms with Gasteiger partial charge in [-0.05, 0) is 37.8 Å². The lowest BCUT2D eigenvalue weighted by Gasteiger charge is -2.16. The van der Waals surface area contributed by atoms with E-state index in [1.165, 1.54) is 32.7 Å². The molecule has 9 nitrogen and oxygen atoms in total. The summed E-state index contributed by atoms with van der Waals surface area (Å²) < 4.78 is 38.1. The van der Waals surface area contributed by atoms with Gasteiger partial charge in [0.05, 0.1) is 37.2 Å². The molecule has 4 aromatic heterocycles. The van der Waals surface area contributed by atoms with E-state index >= 15 is 0 Å². The van der Waals surface area contributed by atoms with E-state index in [0.717, 1.165) is 29.9 Å². The number of carbonyl (C=O) groups excluding carboxylic acids is 1. The quantitative estimate of drug-likeness (QED) is 0.308. The van der Waals surface area contributed by atoms with Gasteiger partial charge in [0.2, 0.25) is 5.13 Å². The number of methoxy groups -OCH3 is 2. The molecule has 5 rings (SSSR count). The Hall–Kier alpha value is -4.50. The van der Waals surface area contributed by atoms with Crippen LogP contribution in [0.4, 0.5) is 13.9 Å². The molecule has 1 saturated carbocycles. The second-order valence-corrected chi connectivity index (χ2v) is 9.64. The summed E-state index contributed by atoms with van der Waals surface area (Å²) in [5.74, 6) is 6.62. The molecule has 0 spiro atoms. The van der Waals surface area contributed by atoms with Gasteiger partial charge in [0.15, 0.2) is 5.01 Å². The second-order valence-electron chi connectivity index (χ2n) is 8.66. The lowest BCUT2D eigenvalue weighted by atomic mass is 9.97.